The van der Waals surface area contributed by atoms with Crippen LogP contribution in [0.4, 0.5) is 25.4 Å². The second-order valence-corrected chi connectivity index (χ2v) is 16.4. The molecule has 50 heavy (non-hydrogen) atoms. The molecular formula is C37H49FN4O7S. The van der Waals surface area contributed by atoms with E-state index in [9.17, 15) is 18.0 Å². The van der Waals surface area contributed by atoms with Gasteiger partial charge in [0.2, 0.25) is 0 Å². The van der Waals surface area contributed by atoms with Crippen molar-refractivity contribution < 1.29 is 36.6 Å². The molecule has 2 aromatic carbocycles. The van der Waals surface area contributed by atoms with Gasteiger partial charge in [-0.1, -0.05) is 18.9 Å². The number of carbonyl (C=O) groups excluding carboxylic acids is 2. The fourth-order valence-corrected chi connectivity index (χ4v) is 6.26. The molecule has 1 saturated heterocycles. The van der Waals surface area contributed by atoms with Gasteiger partial charge in [-0.2, -0.15) is 0 Å². The smallest absolute Gasteiger partial charge is 0.415 e. The number of methoxy groups -OCH3 is 1. The summed E-state index contributed by atoms with van der Waals surface area (Å²) in [5.41, 5.74) is 1.23. The number of sulfone groups is 1. The van der Waals surface area contributed by atoms with Gasteiger partial charge in [0, 0.05) is 36.5 Å². The fourth-order valence-electron chi connectivity index (χ4n) is 5.62. The number of amides is 2. The Balaban J connectivity index is 1.64. The minimum atomic E-state index is -3.52. The Hall–Kier alpha value is -4.44. The number of carbonyl (C=O) groups is 2. The topological polar surface area (TPSA) is 119 Å². The molecule has 3 aromatic rings. The summed E-state index contributed by atoms with van der Waals surface area (Å²) in [4.78, 5) is 28.7. The van der Waals surface area contributed by atoms with E-state index in [-0.39, 0.29) is 23.7 Å². The molecule has 0 unspecified atom stereocenters. The molecule has 4 rings (SSSR count). The van der Waals surface area contributed by atoms with Crippen LogP contribution in [0.2, 0.25) is 0 Å². The van der Waals surface area contributed by atoms with E-state index < -0.39 is 45.4 Å². The number of likely N-dealkylation sites (tertiary alicyclic amines) is 1. The third-order valence-corrected chi connectivity index (χ3v) is 8.97. The number of fused-ring (bicyclic) bond motifs is 1. The van der Waals surface area contributed by atoms with Crippen molar-refractivity contribution >= 4 is 44.3 Å². The van der Waals surface area contributed by atoms with Gasteiger partial charge in [0.25, 0.3) is 0 Å². The molecule has 0 saturated carbocycles. The van der Waals surface area contributed by atoms with Crippen LogP contribution in [0.1, 0.15) is 67.0 Å². The van der Waals surface area contributed by atoms with Gasteiger partial charge in [0.1, 0.15) is 23.1 Å². The summed E-state index contributed by atoms with van der Waals surface area (Å²) in [5, 5.41) is 4.25. The van der Waals surface area contributed by atoms with Gasteiger partial charge in [-0.3, -0.25) is 4.90 Å². The maximum Gasteiger partial charge on any atom is 0.415 e. The normalized spacial score (nSPS) is 16.7. The number of nitrogens with zero attached hydrogens (tertiary/aromatic N) is 3. The molecule has 272 valence electrons. The Morgan fingerprint density at radius 2 is 1.76 bits per heavy atom. The molecule has 0 bridgehead atoms. The average Bonchev–Trinajstić information content (AvgIpc) is 3.36. The number of hydrogen-bond acceptors (Lipinski definition) is 8. The van der Waals surface area contributed by atoms with Crippen molar-refractivity contribution in [2.75, 3.05) is 43.2 Å². The average molecular weight is 713 g/mol. The minimum absolute atomic E-state index is 0.0505. The molecule has 1 fully saturated rings. The lowest BCUT2D eigenvalue weighted by atomic mass is 10.0. The second kappa shape index (κ2) is 15.2. The number of ether oxygens (including phenoxy) is 3. The maximum atomic E-state index is 15.4. The van der Waals surface area contributed by atoms with Crippen LogP contribution in [-0.4, -0.2) is 86.5 Å². The first-order chi connectivity index (χ1) is 23.3. The Labute approximate surface area is 295 Å². The van der Waals surface area contributed by atoms with E-state index in [4.69, 9.17) is 14.2 Å². The molecule has 2 amide bonds. The lowest BCUT2D eigenvalue weighted by Gasteiger charge is -2.36. The van der Waals surface area contributed by atoms with Gasteiger partial charge in [0.05, 0.1) is 48.0 Å². The highest BCUT2D eigenvalue weighted by Gasteiger charge is 2.34. The summed E-state index contributed by atoms with van der Waals surface area (Å²) in [6.45, 7) is 13.6. The van der Waals surface area contributed by atoms with Crippen molar-refractivity contribution in [2.24, 2.45) is 0 Å². The molecule has 0 radical (unpaired) electrons. The van der Waals surface area contributed by atoms with Crippen LogP contribution in [0, 0.1) is 11.8 Å². The number of aromatic nitrogens is 1. The molecule has 1 aromatic heterocycles. The van der Waals surface area contributed by atoms with Crippen molar-refractivity contribution in [1.82, 2.24) is 9.47 Å². The summed E-state index contributed by atoms with van der Waals surface area (Å²) in [7, 11) is -2.13. The number of hydrogen-bond donors (Lipinski definition) is 1. The van der Waals surface area contributed by atoms with Crippen LogP contribution in [0.25, 0.3) is 10.9 Å². The van der Waals surface area contributed by atoms with Crippen LogP contribution >= 0.6 is 0 Å². The number of piperidine rings is 1. The molecule has 1 aliphatic heterocycles. The van der Waals surface area contributed by atoms with Gasteiger partial charge >= 0.3 is 12.2 Å². The third kappa shape index (κ3) is 9.62. The highest BCUT2D eigenvalue weighted by atomic mass is 32.2. The van der Waals surface area contributed by atoms with Gasteiger partial charge in [-0.05, 0) is 90.6 Å². The van der Waals surface area contributed by atoms with Crippen molar-refractivity contribution in [1.29, 1.82) is 0 Å². The highest BCUT2D eigenvalue weighted by Crippen LogP contribution is 2.33. The Bertz CT molecular complexity index is 1880. The predicted molar refractivity (Wildman–Crippen MR) is 194 cm³/mol. The van der Waals surface area contributed by atoms with Crippen LogP contribution in [-0.2, 0) is 25.9 Å². The summed E-state index contributed by atoms with van der Waals surface area (Å²) in [5.74, 6) is 6.51. The standard InChI is InChI=1S/C37H49FN4O7S/c1-10-19-41-25(13-12-20-42(35(44)49-37(5,6)7)32-17-16-26(50(9,45)46)23-33(32)47-8)22-27-29(14-11-15-31(27)41)39-30-18-21-40(24-28(30)38)34(43)48-36(2,3)4/h11,14-17,22-23,28,30,39H,10,18-21,24H2,1-9H3/t28-,30+/m1/s1. The zero-order chi connectivity index (χ0) is 37.0. The van der Waals surface area contributed by atoms with E-state index in [0.717, 1.165) is 29.3 Å². The summed E-state index contributed by atoms with van der Waals surface area (Å²) in [6.07, 6.45) is -0.147. The van der Waals surface area contributed by atoms with Gasteiger partial charge in [-0.25, -0.2) is 22.4 Å². The third-order valence-electron chi connectivity index (χ3n) is 7.86. The van der Waals surface area contributed by atoms with Crippen LogP contribution in [0.5, 0.6) is 5.75 Å². The van der Waals surface area contributed by atoms with Crippen LogP contribution < -0.4 is 15.0 Å². The molecule has 1 N–H and O–H groups in total. The van der Waals surface area contributed by atoms with Crippen molar-refractivity contribution in [3.05, 3.63) is 48.2 Å². The number of aryl methyl sites for hydroxylation is 1. The first kappa shape index (κ1) is 38.4. The van der Waals surface area contributed by atoms with Crippen LogP contribution in [0.15, 0.2) is 47.4 Å². The Morgan fingerprint density at radius 3 is 2.36 bits per heavy atom. The number of rotatable bonds is 8. The molecule has 11 nitrogen and oxygen atoms in total. The number of benzene rings is 2. The van der Waals surface area contributed by atoms with E-state index in [2.05, 4.69) is 28.6 Å². The van der Waals surface area contributed by atoms with Gasteiger partial charge in [0.15, 0.2) is 9.84 Å². The van der Waals surface area contributed by atoms with Crippen molar-refractivity contribution in [3.8, 4) is 17.6 Å². The monoisotopic (exact) mass is 712 g/mol. The Morgan fingerprint density at radius 1 is 1.06 bits per heavy atom. The first-order valence-corrected chi connectivity index (χ1v) is 18.6. The SMILES string of the molecule is CCCn1c(C#CCN(C(=O)OC(C)(C)C)c2ccc(S(C)(=O)=O)cc2OC)cc2c(N[C@H]3CCN(C(=O)OC(C)(C)C)C[C@H]3F)cccc21. The minimum Gasteiger partial charge on any atom is -0.495 e. The van der Waals surface area contributed by atoms with Gasteiger partial charge < -0.3 is 29.0 Å². The van der Waals surface area contributed by atoms with Gasteiger partial charge in [-0.15, -0.1) is 0 Å². The first-order valence-electron chi connectivity index (χ1n) is 16.7. The molecule has 2 heterocycles. The van der Waals surface area contributed by atoms with Crippen LogP contribution in [0.3, 0.4) is 0 Å². The van der Waals surface area contributed by atoms with Crippen molar-refractivity contribution in [2.45, 2.75) is 96.2 Å². The zero-order valence-electron chi connectivity index (χ0n) is 30.4. The molecule has 0 spiro atoms. The molecule has 0 aliphatic carbocycles. The molecule has 2 atom stereocenters. The number of anilines is 2. The lowest BCUT2D eigenvalue weighted by Crippen LogP contribution is -2.51. The maximum absolute atomic E-state index is 15.4. The number of nitrogens with one attached hydrogen (secondary N) is 1. The highest BCUT2D eigenvalue weighted by molar-refractivity contribution is 7.90. The van der Waals surface area contributed by atoms with E-state index in [1.165, 1.54) is 35.1 Å². The van der Waals surface area contributed by atoms with E-state index in [1.54, 1.807) is 41.5 Å². The predicted octanol–water partition coefficient (Wildman–Crippen LogP) is 7.02. The van der Waals surface area contributed by atoms with E-state index >= 15 is 4.39 Å². The zero-order valence-corrected chi connectivity index (χ0v) is 31.2. The van der Waals surface area contributed by atoms with Crippen molar-refractivity contribution in [3.63, 3.8) is 0 Å². The fraction of sp³-hybridized carbons (Fsp3) is 0.514. The summed E-state index contributed by atoms with van der Waals surface area (Å²) < 4.78 is 58.5. The largest absolute Gasteiger partial charge is 0.495 e. The Kier molecular flexibility index (Phi) is 11.7. The lowest BCUT2D eigenvalue weighted by molar-refractivity contribution is 0.0125. The van der Waals surface area contributed by atoms with E-state index in [1.807, 2.05) is 24.3 Å². The molecule has 1 aliphatic rings. The van der Waals surface area contributed by atoms with E-state index in [0.29, 0.717) is 30.9 Å². The number of alkyl halides is 1. The summed E-state index contributed by atoms with van der Waals surface area (Å²) in [6, 6.07) is 11.5. The second-order valence-electron chi connectivity index (χ2n) is 14.4. The quantitative estimate of drug-likeness (QED) is 0.248. The molecular weight excluding hydrogens is 663 g/mol. The molecule has 13 heteroatoms. The number of halogens is 1. The summed E-state index contributed by atoms with van der Waals surface area (Å²) >= 11 is 0.